The molecule has 0 N–H and O–H groups in total. The van der Waals surface area contributed by atoms with Crippen molar-refractivity contribution >= 4 is 5.97 Å². The Morgan fingerprint density at radius 2 is 1.83 bits per heavy atom. The molecule has 2 rings (SSSR count). The van der Waals surface area contributed by atoms with Crippen molar-refractivity contribution in [3.05, 3.63) is 35.9 Å². The van der Waals surface area contributed by atoms with Gasteiger partial charge in [0.1, 0.15) is 5.60 Å². The summed E-state index contributed by atoms with van der Waals surface area (Å²) in [5, 5.41) is 0. The molecule has 0 amide bonds. The van der Waals surface area contributed by atoms with Crippen LogP contribution < -0.4 is 0 Å². The third-order valence-electron chi connectivity index (χ3n) is 3.80. The molecule has 0 radical (unpaired) electrons. The molecule has 0 bridgehead atoms. The number of ether oxygens (including phenoxy) is 2. The van der Waals surface area contributed by atoms with Crippen LogP contribution in [0.15, 0.2) is 30.3 Å². The van der Waals surface area contributed by atoms with Crippen LogP contribution in [0.25, 0.3) is 0 Å². The van der Waals surface area contributed by atoms with Crippen LogP contribution in [0.5, 0.6) is 0 Å². The van der Waals surface area contributed by atoms with Crippen molar-refractivity contribution in [2.45, 2.75) is 44.8 Å². The number of epoxide rings is 1. The van der Waals surface area contributed by atoms with Gasteiger partial charge < -0.3 is 9.47 Å². The highest BCUT2D eigenvalue weighted by atomic mass is 16.7. The fourth-order valence-corrected chi connectivity index (χ4v) is 2.79. The molecule has 0 spiro atoms. The zero-order chi connectivity index (χ0) is 13.2. The van der Waals surface area contributed by atoms with Crippen molar-refractivity contribution < 1.29 is 14.3 Å². The Morgan fingerprint density at radius 3 is 2.33 bits per heavy atom. The number of carbonyl (C=O) groups excluding carboxylic acids is 1. The first kappa shape index (κ1) is 13.1. The van der Waals surface area contributed by atoms with Gasteiger partial charge in [-0.25, -0.2) is 4.79 Å². The first-order valence-corrected chi connectivity index (χ1v) is 6.59. The molecule has 2 atom stereocenters. The van der Waals surface area contributed by atoms with E-state index in [2.05, 4.69) is 0 Å². The largest absolute Gasteiger partial charge is 0.464 e. The number of carbonyl (C=O) groups is 1. The molecule has 0 aromatic heterocycles. The molecule has 1 aromatic carbocycles. The maximum atomic E-state index is 12.2. The second-order valence-corrected chi connectivity index (χ2v) is 4.55. The molecule has 98 valence electrons. The van der Waals surface area contributed by atoms with Crippen LogP contribution in [0.1, 0.15) is 39.2 Å². The molecule has 1 aromatic rings. The van der Waals surface area contributed by atoms with Gasteiger partial charge >= 0.3 is 5.97 Å². The fraction of sp³-hybridized carbons (Fsp3) is 0.533. The van der Waals surface area contributed by atoms with Gasteiger partial charge in [-0.1, -0.05) is 44.2 Å². The highest BCUT2D eigenvalue weighted by Crippen LogP contribution is 2.60. The Kier molecular flexibility index (Phi) is 3.44. The lowest BCUT2D eigenvalue weighted by atomic mass is 9.82. The number of hydrogen-bond donors (Lipinski definition) is 0. The van der Waals surface area contributed by atoms with Gasteiger partial charge in [0.05, 0.1) is 6.61 Å². The van der Waals surface area contributed by atoms with Crippen LogP contribution in [0.2, 0.25) is 0 Å². The maximum Gasteiger partial charge on any atom is 0.341 e. The summed E-state index contributed by atoms with van der Waals surface area (Å²) in [5.41, 5.74) is -0.239. The lowest BCUT2D eigenvalue weighted by Gasteiger charge is -2.17. The van der Waals surface area contributed by atoms with Gasteiger partial charge in [0.25, 0.3) is 0 Å². The van der Waals surface area contributed by atoms with Gasteiger partial charge in [-0.15, -0.1) is 0 Å². The second-order valence-electron chi connectivity index (χ2n) is 4.55. The minimum Gasteiger partial charge on any atom is -0.464 e. The van der Waals surface area contributed by atoms with Gasteiger partial charge in [-0.2, -0.15) is 0 Å². The summed E-state index contributed by atoms with van der Waals surface area (Å²) in [4.78, 5) is 12.2. The van der Waals surface area contributed by atoms with Crippen molar-refractivity contribution in [1.29, 1.82) is 0 Å². The van der Waals surface area contributed by atoms with E-state index >= 15 is 0 Å². The van der Waals surface area contributed by atoms with Crippen molar-refractivity contribution in [2.75, 3.05) is 6.61 Å². The molecule has 1 aliphatic rings. The molecular formula is C15H20O3. The third kappa shape index (κ3) is 1.65. The summed E-state index contributed by atoms with van der Waals surface area (Å²) >= 11 is 0. The molecular weight excluding hydrogens is 228 g/mol. The van der Waals surface area contributed by atoms with Crippen LogP contribution in [0.4, 0.5) is 0 Å². The maximum absolute atomic E-state index is 12.2. The average Bonchev–Trinajstić information content (AvgIpc) is 3.11. The van der Waals surface area contributed by atoms with E-state index in [9.17, 15) is 4.79 Å². The Morgan fingerprint density at radius 1 is 1.17 bits per heavy atom. The third-order valence-corrected chi connectivity index (χ3v) is 3.80. The van der Waals surface area contributed by atoms with E-state index in [0.29, 0.717) is 13.0 Å². The van der Waals surface area contributed by atoms with Gasteiger partial charge in [-0.3, -0.25) is 0 Å². The van der Waals surface area contributed by atoms with Crippen molar-refractivity contribution in [2.24, 2.45) is 0 Å². The summed E-state index contributed by atoms with van der Waals surface area (Å²) in [6.07, 6.45) is 1.40. The van der Waals surface area contributed by atoms with Gasteiger partial charge in [0.2, 0.25) is 0 Å². The highest BCUT2D eigenvalue weighted by molar-refractivity contribution is 5.85. The summed E-state index contributed by atoms with van der Waals surface area (Å²) in [5.74, 6) is -0.238. The topological polar surface area (TPSA) is 38.8 Å². The predicted octanol–water partition coefficient (Wildman–Crippen LogP) is 3.03. The first-order valence-electron chi connectivity index (χ1n) is 6.59. The number of benzene rings is 1. The van der Waals surface area contributed by atoms with E-state index in [1.807, 2.05) is 51.1 Å². The normalized spacial score (nSPS) is 29.9. The minimum absolute atomic E-state index is 0.238. The van der Waals surface area contributed by atoms with Gasteiger partial charge in [-0.05, 0) is 25.3 Å². The van der Waals surface area contributed by atoms with Gasteiger partial charge in [0, 0.05) is 0 Å². The zero-order valence-electron chi connectivity index (χ0n) is 11.2. The Balaban J connectivity index is 2.35. The second kappa shape index (κ2) is 4.73. The van der Waals surface area contributed by atoms with E-state index in [0.717, 1.165) is 12.0 Å². The van der Waals surface area contributed by atoms with Crippen LogP contribution in [-0.2, 0) is 19.9 Å². The van der Waals surface area contributed by atoms with Crippen molar-refractivity contribution in [1.82, 2.24) is 0 Å². The smallest absolute Gasteiger partial charge is 0.341 e. The highest BCUT2D eigenvalue weighted by Gasteiger charge is 2.74. The summed E-state index contributed by atoms with van der Waals surface area (Å²) in [7, 11) is 0. The molecule has 3 heteroatoms. The number of esters is 1. The Labute approximate surface area is 108 Å². The summed E-state index contributed by atoms with van der Waals surface area (Å²) < 4.78 is 11.1. The SMILES string of the molecule is CCOC(=O)C1(CC)OC1(CC)c1ccccc1. The standard InChI is InChI=1S/C15H20O3/c1-4-14(12-10-8-7-9-11-12)15(5-2,18-14)13(16)17-6-3/h7-11H,4-6H2,1-3H3. The summed E-state index contributed by atoms with van der Waals surface area (Å²) in [6, 6.07) is 9.94. The molecule has 1 aliphatic heterocycles. The Hall–Kier alpha value is -1.35. The van der Waals surface area contributed by atoms with E-state index in [-0.39, 0.29) is 5.97 Å². The molecule has 1 saturated heterocycles. The van der Waals surface area contributed by atoms with E-state index in [1.165, 1.54) is 0 Å². The molecule has 18 heavy (non-hydrogen) atoms. The number of rotatable bonds is 5. The fourth-order valence-electron chi connectivity index (χ4n) is 2.79. The minimum atomic E-state index is -0.793. The van der Waals surface area contributed by atoms with E-state index in [1.54, 1.807) is 0 Å². The van der Waals surface area contributed by atoms with Crippen LogP contribution in [0.3, 0.4) is 0 Å². The van der Waals surface area contributed by atoms with Crippen LogP contribution >= 0.6 is 0 Å². The average molecular weight is 248 g/mol. The first-order chi connectivity index (χ1) is 8.66. The van der Waals surface area contributed by atoms with E-state index in [4.69, 9.17) is 9.47 Å². The van der Waals surface area contributed by atoms with E-state index < -0.39 is 11.2 Å². The van der Waals surface area contributed by atoms with Crippen LogP contribution in [-0.4, -0.2) is 18.2 Å². The predicted molar refractivity (Wildman–Crippen MR) is 69.2 cm³/mol. The monoisotopic (exact) mass is 248 g/mol. The quantitative estimate of drug-likeness (QED) is 0.594. The van der Waals surface area contributed by atoms with Crippen molar-refractivity contribution in [3.8, 4) is 0 Å². The molecule has 3 nitrogen and oxygen atoms in total. The Bertz CT molecular complexity index is 429. The zero-order valence-corrected chi connectivity index (χ0v) is 11.2. The lowest BCUT2D eigenvalue weighted by molar-refractivity contribution is -0.149. The molecule has 0 saturated carbocycles. The van der Waals surface area contributed by atoms with Crippen LogP contribution in [0, 0.1) is 0 Å². The van der Waals surface area contributed by atoms with Gasteiger partial charge in [0.15, 0.2) is 5.60 Å². The molecule has 0 aliphatic carbocycles. The summed E-state index contributed by atoms with van der Waals surface area (Å²) in [6.45, 7) is 6.22. The number of hydrogen-bond acceptors (Lipinski definition) is 3. The molecule has 2 unspecified atom stereocenters. The lowest BCUT2D eigenvalue weighted by Crippen LogP contribution is -2.34. The van der Waals surface area contributed by atoms with Crippen molar-refractivity contribution in [3.63, 3.8) is 0 Å². The molecule has 1 fully saturated rings. The molecule has 1 heterocycles.